The molecule has 3 aliphatic rings. The van der Waals surface area contributed by atoms with Gasteiger partial charge in [0.2, 0.25) is 5.13 Å². The van der Waals surface area contributed by atoms with Crippen LogP contribution in [0.15, 0.2) is 29.3 Å². The van der Waals surface area contributed by atoms with Gasteiger partial charge < -0.3 is 10.0 Å². The van der Waals surface area contributed by atoms with Gasteiger partial charge in [-0.15, -0.1) is 10.2 Å². The molecule has 180 valence electrons. The molecule has 3 fully saturated rings. The predicted octanol–water partition coefficient (Wildman–Crippen LogP) is 2.71. The normalized spacial score (nSPS) is 28.9. The van der Waals surface area contributed by atoms with Crippen LogP contribution < -0.4 is 10.6 Å². The third-order valence-corrected chi connectivity index (χ3v) is 8.78. The number of rotatable bonds is 4. The second-order valence-corrected chi connectivity index (χ2v) is 11.0. The fourth-order valence-electron chi connectivity index (χ4n) is 5.44. The maximum atomic E-state index is 15.8. The number of phenols is 1. The average molecular weight is 486 g/mol. The van der Waals surface area contributed by atoms with Gasteiger partial charge in [0.15, 0.2) is 10.8 Å². The minimum Gasteiger partial charge on any atom is -0.507 e. The van der Waals surface area contributed by atoms with Crippen molar-refractivity contribution in [2.24, 2.45) is 12.5 Å². The number of alkyl halides is 1. The number of hydrogen-bond donors (Lipinski definition) is 1. The summed E-state index contributed by atoms with van der Waals surface area (Å²) >= 11 is 1.31. The molecule has 0 unspecified atom stereocenters. The van der Waals surface area contributed by atoms with Crippen molar-refractivity contribution >= 4 is 16.5 Å². The molecule has 0 radical (unpaired) electrons. The van der Waals surface area contributed by atoms with Crippen LogP contribution in [0.5, 0.6) is 5.75 Å². The summed E-state index contributed by atoms with van der Waals surface area (Å²) in [5, 5.41) is 20.4. The number of phenolic OH excluding ortho intramolecular Hbond substituents is 1. The number of anilines is 1. The van der Waals surface area contributed by atoms with E-state index in [1.54, 1.807) is 19.2 Å². The zero-order valence-corrected chi connectivity index (χ0v) is 20.7. The summed E-state index contributed by atoms with van der Waals surface area (Å²) in [4.78, 5) is 24.0. The molecule has 4 atom stereocenters. The van der Waals surface area contributed by atoms with E-state index in [2.05, 4.69) is 32.0 Å². The molecular weight excluding hydrogens is 457 g/mol. The number of fused-ring (bicyclic) bond motifs is 3. The third-order valence-electron chi connectivity index (χ3n) is 7.73. The first-order chi connectivity index (χ1) is 16.0. The molecule has 2 aliphatic heterocycles. The highest BCUT2D eigenvalue weighted by Gasteiger charge is 2.61. The van der Waals surface area contributed by atoms with E-state index in [0.29, 0.717) is 21.3 Å². The monoisotopic (exact) mass is 485 g/mol. The Bertz CT molecular complexity index is 1310. The highest BCUT2D eigenvalue weighted by atomic mass is 32.1. The van der Waals surface area contributed by atoms with Crippen LogP contribution in [0.1, 0.15) is 26.7 Å². The van der Waals surface area contributed by atoms with Gasteiger partial charge in [-0.25, -0.2) is 14.2 Å². The summed E-state index contributed by atoms with van der Waals surface area (Å²) < 4.78 is 17.1. The number of hydrogen-bond acceptors (Lipinski definition) is 9. The number of aryl methyl sites for hydroxylation is 1. The van der Waals surface area contributed by atoms with Crippen LogP contribution in [0.4, 0.5) is 9.52 Å². The molecule has 1 N–H and O–H groups in total. The molecule has 4 heterocycles. The van der Waals surface area contributed by atoms with Gasteiger partial charge in [0.1, 0.15) is 18.2 Å². The highest BCUT2D eigenvalue weighted by molar-refractivity contribution is 7.18. The van der Waals surface area contributed by atoms with Gasteiger partial charge >= 0.3 is 5.69 Å². The van der Waals surface area contributed by atoms with Gasteiger partial charge in [0.25, 0.3) is 0 Å². The zero-order chi connectivity index (χ0) is 24.4. The van der Waals surface area contributed by atoms with E-state index >= 15 is 4.39 Å². The first kappa shape index (κ1) is 22.9. The molecule has 1 aliphatic carbocycles. The van der Waals surface area contributed by atoms with E-state index in [-0.39, 0.29) is 23.0 Å². The van der Waals surface area contributed by atoms with Crippen LogP contribution >= 0.6 is 11.3 Å². The Balaban J connectivity index is 1.43. The summed E-state index contributed by atoms with van der Waals surface area (Å²) in [6, 6.07) is 4.62. The minimum absolute atomic E-state index is 0.0201. The summed E-state index contributed by atoms with van der Waals surface area (Å²) in [5.74, 6) is 0.212. The number of benzene rings is 1. The Morgan fingerprint density at radius 1 is 1.24 bits per heavy atom. The molecule has 3 aromatic rings. The fourth-order valence-corrected chi connectivity index (χ4v) is 6.32. The molecule has 2 saturated heterocycles. The lowest BCUT2D eigenvalue weighted by atomic mass is 9.59. The molecule has 2 bridgehead atoms. The van der Waals surface area contributed by atoms with Gasteiger partial charge in [0, 0.05) is 31.6 Å². The number of halogens is 1. The van der Waals surface area contributed by atoms with Crippen LogP contribution in [0.3, 0.4) is 0 Å². The van der Waals surface area contributed by atoms with Crippen LogP contribution in [0.2, 0.25) is 0 Å². The topological polar surface area (TPSA) is 100 Å². The molecule has 0 spiro atoms. The second kappa shape index (κ2) is 7.81. The van der Waals surface area contributed by atoms with E-state index in [9.17, 15) is 9.90 Å². The fraction of sp³-hybridized carbons (Fsp3) is 0.522. The first-order valence-electron chi connectivity index (χ1n) is 11.2. The summed E-state index contributed by atoms with van der Waals surface area (Å²) in [7, 11) is 5.46. The molecule has 0 amide bonds. The van der Waals surface area contributed by atoms with E-state index < -0.39 is 17.4 Å². The minimum atomic E-state index is -1.02. The Kier molecular flexibility index (Phi) is 5.25. The van der Waals surface area contributed by atoms with Crippen molar-refractivity contribution < 1.29 is 9.50 Å². The first-order valence-corrected chi connectivity index (χ1v) is 12.0. The van der Waals surface area contributed by atoms with Crippen molar-refractivity contribution in [2.45, 2.75) is 44.4 Å². The second-order valence-electron chi connectivity index (χ2n) is 10.0. The van der Waals surface area contributed by atoms with E-state index in [1.165, 1.54) is 28.3 Å². The molecular formula is C23H28FN7O2S. The number of nitrogens with zero attached hydrogens (tertiary/aromatic N) is 7. The van der Waals surface area contributed by atoms with Crippen LogP contribution in [0, 0.1) is 5.41 Å². The number of piperidine rings is 2. The lowest BCUT2D eigenvalue weighted by Gasteiger charge is -2.63. The molecule has 9 nitrogen and oxygen atoms in total. The van der Waals surface area contributed by atoms with Crippen molar-refractivity contribution in [3.63, 3.8) is 0 Å². The Morgan fingerprint density at radius 2 is 2.00 bits per heavy atom. The van der Waals surface area contributed by atoms with Crippen molar-refractivity contribution in [1.29, 1.82) is 0 Å². The smallest absolute Gasteiger partial charge is 0.350 e. The Morgan fingerprint density at radius 3 is 2.68 bits per heavy atom. The molecule has 1 saturated carbocycles. The van der Waals surface area contributed by atoms with Gasteiger partial charge in [0.05, 0.1) is 17.1 Å². The summed E-state index contributed by atoms with van der Waals surface area (Å²) in [6.07, 6.45) is 2.16. The number of aromatic nitrogens is 5. The maximum Gasteiger partial charge on any atom is 0.350 e. The molecule has 1 aromatic carbocycles. The van der Waals surface area contributed by atoms with Crippen LogP contribution in [-0.2, 0) is 7.05 Å². The molecule has 2 aromatic heterocycles. The van der Waals surface area contributed by atoms with Gasteiger partial charge in [-0.05, 0) is 38.9 Å². The highest BCUT2D eigenvalue weighted by Crippen LogP contribution is 2.53. The third kappa shape index (κ3) is 3.40. The molecule has 34 heavy (non-hydrogen) atoms. The van der Waals surface area contributed by atoms with Crippen molar-refractivity contribution in [2.75, 3.05) is 25.5 Å². The van der Waals surface area contributed by atoms with E-state index in [1.807, 2.05) is 25.9 Å². The molecule has 11 heteroatoms. The summed E-state index contributed by atoms with van der Waals surface area (Å²) in [5.41, 5.74) is -0.0853. The Hall–Kier alpha value is -2.92. The summed E-state index contributed by atoms with van der Waals surface area (Å²) in [6.45, 7) is 4.99. The van der Waals surface area contributed by atoms with Crippen LogP contribution in [-0.4, -0.2) is 73.1 Å². The zero-order valence-electron chi connectivity index (χ0n) is 19.9. The van der Waals surface area contributed by atoms with Crippen molar-refractivity contribution in [3.8, 4) is 27.7 Å². The van der Waals surface area contributed by atoms with Gasteiger partial charge in [-0.3, -0.25) is 9.47 Å². The predicted molar refractivity (Wildman–Crippen MR) is 129 cm³/mol. The quantitative estimate of drug-likeness (QED) is 0.602. The van der Waals surface area contributed by atoms with E-state index in [0.717, 1.165) is 19.4 Å². The molecule has 6 rings (SSSR count). The van der Waals surface area contributed by atoms with E-state index in [4.69, 9.17) is 0 Å². The lowest BCUT2D eigenvalue weighted by Crippen LogP contribution is -2.74. The maximum absolute atomic E-state index is 15.8. The van der Waals surface area contributed by atoms with Crippen molar-refractivity contribution in [1.82, 2.24) is 29.6 Å². The average Bonchev–Trinajstić information content (AvgIpc) is 3.27. The van der Waals surface area contributed by atoms with Gasteiger partial charge in [-0.2, -0.15) is 4.98 Å². The standard InChI is InChI=1S/C23H28FN7O2S/c1-22-8-9-23(2,30(4)11-22)16(24)17(22)31(5)21-28-27-19(34-21)14-7-6-13(10-15(14)32)18-25-12-29(3)20(33)26-18/h6-7,10,12,16-17,32H,8-9,11H2,1-5H3/t16-,17-,22-,23-/m1/s1. The Labute approximate surface area is 200 Å². The van der Waals surface area contributed by atoms with Crippen molar-refractivity contribution in [3.05, 3.63) is 35.0 Å². The lowest BCUT2D eigenvalue weighted by molar-refractivity contribution is -0.123. The largest absolute Gasteiger partial charge is 0.507 e. The SMILES string of the molecule is CN(c1nnc(-c2ccc(-c3ncn(C)c(=O)n3)cc2O)s1)[C@@H]1[C@@H](F)[C@@]2(C)CC[C@]1(C)CN2C. The van der Waals surface area contributed by atoms with Gasteiger partial charge in [-0.1, -0.05) is 24.3 Å². The number of aromatic hydroxyl groups is 1. The van der Waals surface area contributed by atoms with Crippen LogP contribution in [0.25, 0.3) is 22.0 Å².